The van der Waals surface area contributed by atoms with Gasteiger partial charge in [0.25, 0.3) is 0 Å². The van der Waals surface area contributed by atoms with Gasteiger partial charge in [-0.1, -0.05) is 89.2 Å². The molecule has 0 radical (unpaired) electrons. The van der Waals surface area contributed by atoms with Gasteiger partial charge in [-0.3, -0.25) is 14.4 Å². The summed E-state index contributed by atoms with van der Waals surface area (Å²) in [6.45, 7) is 11.8. The highest BCUT2D eigenvalue weighted by molar-refractivity contribution is 5.87. The van der Waals surface area contributed by atoms with E-state index in [1.807, 2.05) is 41.5 Å². The molecule has 45 heavy (non-hydrogen) atoms. The maximum atomic E-state index is 13.1. The molecule has 1 aromatic rings. The van der Waals surface area contributed by atoms with Gasteiger partial charge in [-0.2, -0.15) is 0 Å². The molecule has 1 N–H and O–H groups in total. The number of carboxylic acid groups (broad SMARTS) is 1. The minimum atomic E-state index is -0.990. The third-order valence-electron chi connectivity index (χ3n) is 7.37. The van der Waals surface area contributed by atoms with Crippen LogP contribution < -0.4 is 0 Å². The molecule has 0 aliphatic heterocycles. The minimum absolute atomic E-state index is 0.00362. The van der Waals surface area contributed by atoms with Crippen LogP contribution in [-0.4, -0.2) is 51.6 Å². The van der Waals surface area contributed by atoms with Gasteiger partial charge in [-0.25, -0.2) is 4.79 Å². The summed E-state index contributed by atoms with van der Waals surface area (Å²) in [4.78, 5) is 50.0. The Morgan fingerprint density at radius 1 is 0.578 bits per heavy atom. The lowest BCUT2D eigenvalue weighted by atomic mass is 10.0. The van der Waals surface area contributed by atoms with Crippen molar-refractivity contribution in [1.82, 2.24) is 4.90 Å². The standard InChI is InChI=1S/C37H61NO7/c1-36(2,3)44-33(40)22-20-18-16-14-12-10-8-7-9-11-13-15-17-19-21-32(39)38(28-27-34(41)45-37(4,5)6)29-30-23-25-31(26-24-30)35(42)43/h23-26H,7-22,27-29H2,1-6H3,(H,42,43). The van der Waals surface area contributed by atoms with Gasteiger partial charge in [0.1, 0.15) is 11.2 Å². The number of hydrogen-bond acceptors (Lipinski definition) is 6. The molecule has 0 aliphatic carbocycles. The van der Waals surface area contributed by atoms with Gasteiger partial charge in [0, 0.05) is 25.9 Å². The van der Waals surface area contributed by atoms with Crippen molar-refractivity contribution in [2.75, 3.05) is 6.54 Å². The monoisotopic (exact) mass is 631 g/mol. The topological polar surface area (TPSA) is 110 Å². The molecule has 8 heteroatoms. The first-order valence-electron chi connectivity index (χ1n) is 17.2. The number of unbranched alkanes of at least 4 members (excludes halogenated alkanes) is 13. The van der Waals surface area contributed by atoms with Crippen LogP contribution in [0.1, 0.15) is 167 Å². The Kier molecular flexibility index (Phi) is 19.4. The molecule has 0 atom stereocenters. The number of ether oxygens (including phenoxy) is 2. The van der Waals surface area contributed by atoms with E-state index < -0.39 is 17.2 Å². The van der Waals surface area contributed by atoms with Crippen molar-refractivity contribution < 1.29 is 33.8 Å². The van der Waals surface area contributed by atoms with Gasteiger partial charge in [-0.15, -0.1) is 0 Å². The van der Waals surface area contributed by atoms with E-state index in [0.29, 0.717) is 19.4 Å². The molecule has 8 nitrogen and oxygen atoms in total. The number of aromatic carboxylic acids is 1. The van der Waals surface area contributed by atoms with Crippen LogP contribution in [0.2, 0.25) is 0 Å². The molecule has 0 aliphatic rings. The van der Waals surface area contributed by atoms with E-state index in [1.165, 1.54) is 69.9 Å². The van der Waals surface area contributed by atoms with E-state index in [0.717, 1.165) is 37.7 Å². The number of esters is 2. The quantitative estimate of drug-likeness (QED) is 0.0948. The third kappa shape index (κ3) is 22.3. The molecule has 1 aromatic carbocycles. The fourth-order valence-corrected chi connectivity index (χ4v) is 5.10. The van der Waals surface area contributed by atoms with E-state index in [2.05, 4.69) is 0 Å². The molecule has 0 saturated heterocycles. The van der Waals surface area contributed by atoms with Crippen LogP contribution >= 0.6 is 0 Å². The molecule has 0 unspecified atom stereocenters. The third-order valence-corrected chi connectivity index (χ3v) is 7.37. The fraction of sp³-hybridized carbons (Fsp3) is 0.730. The van der Waals surface area contributed by atoms with Crippen LogP contribution in [-0.2, 0) is 30.4 Å². The highest BCUT2D eigenvalue weighted by Gasteiger charge is 2.20. The van der Waals surface area contributed by atoms with E-state index >= 15 is 0 Å². The van der Waals surface area contributed by atoms with E-state index in [1.54, 1.807) is 17.0 Å². The second kappa shape index (κ2) is 21.8. The lowest BCUT2D eigenvalue weighted by Gasteiger charge is -2.24. The van der Waals surface area contributed by atoms with Gasteiger partial charge < -0.3 is 19.5 Å². The molecule has 0 spiro atoms. The second-order valence-electron chi connectivity index (χ2n) is 14.2. The van der Waals surface area contributed by atoms with Crippen molar-refractivity contribution in [3.05, 3.63) is 35.4 Å². The molecule has 0 aromatic heterocycles. The van der Waals surface area contributed by atoms with Gasteiger partial charge in [0.15, 0.2) is 0 Å². The molecule has 1 rings (SSSR count). The highest BCUT2D eigenvalue weighted by Crippen LogP contribution is 2.17. The summed E-state index contributed by atoms with van der Waals surface area (Å²) < 4.78 is 10.8. The summed E-state index contributed by atoms with van der Waals surface area (Å²) >= 11 is 0. The van der Waals surface area contributed by atoms with E-state index in [4.69, 9.17) is 14.6 Å². The predicted molar refractivity (Wildman–Crippen MR) is 179 cm³/mol. The Hall–Kier alpha value is -2.90. The van der Waals surface area contributed by atoms with Crippen molar-refractivity contribution in [2.45, 2.75) is 168 Å². The van der Waals surface area contributed by atoms with E-state index in [-0.39, 0.29) is 36.4 Å². The van der Waals surface area contributed by atoms with Gasteiger partial charge in [0.2, 0.25) is 5.91 Å². The highest BCUT2D eigenvalue weighted by atomic mass is 16.6. The van der Waals surface area contributed by atoms with Crippen molar-refractivity contribution >= 4 is 23.8 Å². The van der Waals surface area contributed by atoms with Crippen LogP contribution in [0.4, 0.5) is 0 Å². The minimum Gasteiger partial charge on any atom is -0.478 e. The molecular formula is C37H61NO7. The summed E-state index contributed by atoms with van der Waals surface area (Å²) in [7, 11) is 0. The summed E-state index contributed by atoms with van der Waals surface area (Å²) in [6, 6.07) is 6.50. The van der Waals surface area contributed by atoms with Crippen molar-refractivity contribution in [3.63, 3.8) is 0 Å². The lowest BCUT2D eigenvalue weighted by molar-refractivity contribution is -0.156. The average molecular weight is 632 g/mol. The van der Waals surface area contributed by atoms with Gasteiger partial charge in [0.05, 0.1) is 12.0 Å². The molecule has 0 heterocycles. The van der Waals surface area contributed by atoms with Crippen LogP contribution in [0.25, 0.3) is 0 Å². The summed E-state index contributed by atoms with van der Waals surface area (Å²) in [6.07, 6.45) is 17.2. The average Bonchev–Trinajstić information content (AvgIpc) is 2.93. The number of carbonyl (C=O) groups excluding carboxylic acids is 3. The Morgan fingerprint density at radius 2 is 0.956 bits per heavy atom. The van der Waals surface area contributed by atoms with Crippen molar-refractivity contribution in [3.8, 4) is 0 Å². The predicted octanol–water partition coefficient (Wildman–Crippen LogP) is 9.03. The number of amides is 1. The molecule has 1 amide bonds. The van der Waals surface area contributed by atoms with Crippen LogP contribution in [0.3, 0.4) is 0 Å². The first-order valence-corrected chi connectivity index (χ1v) is 17.2. The van der Waals surface area contributed by atoms with Gasteiger partial charge in [-0.05, 0) is 72.1 Å². The van der Waals surface area contributed by atoms with Crippen LogP contribution in [0.15, 0.2) is 24.3 Å². The first kappa shape index (κ1) is 40.1. The Balaban J connectivity index is 2.19. The van der Waals surface area contributed by atoms with Crippen molar-refractivity contribution in [2.24, 2.45) is 0 Å². The van der Waals surface area contributed by atoms with Crippen molar-refractivity contribution in [1.29, 1.82) is 0 Å². The number of benzene rings is 1. The second-order valence-corrected chi connectivity index (χ2v) is 14.2. The maximum Gasteiger partial charge on any atom is 0.335 e. The fourth-order valence-electron chi connectivity index (χ4n) is 5.10. The van der Waals surface area contributed by atoms with Crippen LogP contribution in [0.5, 0.6) is 0 Å². The zero-order valence-corrected chi connectivity index (χ0v) is 29.1. The van der Waals surface area contributed by atoms with Crippen LogP contribution in [0, 0.1) is 0 Å². The Bertz CT molecular complexity index is 1010. The number of nitrogens with zero attached hydrogens (tertiary/aromatic N) is 1. The lowest BCUT2D eigenvalue weighted by Crippen LogP contribution is -2.34. The SMILES string of the molecule is CC(C)(C)OC(=O)CCCCCCCCCCCCCCCCC(=O)N(CCC(=O)OC(C)(C)C)Cc1ccc(C(=O)O)cc1. The summed E-state index contributed by atoms with van der Waals surface area (Å²) in [5.41, 5.74) is 0.0549. The molecule has 0 fully saturated rings. The smallest absolute Gasteiger partial charge is 0.335 e. The number of hydrogen-bond donors (Lipinski definition) is 1. The first-order chi connectivity index (χ1) is 21.2. The van der Waals surface area contributed by atoms with E-state index in [9.17, 15) is 19.2 Å². The number of carbonyl (C=O) groups is 4. The normalized spacial score (nSPS) is 11.7. The molecule has 0 saturated carbocycles. The molecular weight excluding hydrogens is 570 g/mol. The summed E-state index contributed by atoms with van der Waals surface area (Å²) in [5, 5.41) is 9.15. The summed E-state index contributed by atoms with van der Waals surface area (Å²) in [5.74, 6) is -1.41. The maximum absolute atomic E-state index is 13.1. The number of rotatable bonds is 23. The zero-order valence-electron chi connectivity index (χ0n) is 29.1. The number of carboxylic acids is 1. The Labute approximate surface area is 272 Å². The van der Waals surface area contributed by atoms with Gasteiger partial charge >= 0.3 is 17.9 Å². The molecule has 256 valence electrons. The zero-order chi connectivity index (χ0) is 33.7. The largest absolute Gasteiger partial charge is 0.478 e. The Morgan fingerprint density at radius 3 is 1.36 bits per heavy atom. The molecule has 0 bridgehead atoms.